The van der Waals surface area contributed by atoms with E-state index in [1.165, 1.54) is 7.11 Å². The van der Waals surface area contributed by atoms with Crippen LogP contribution in [0.5, 0.6) is 11.5 Å². The highest BCUT2D eigenvalue weighted by atomic mass is 16.5. The number of anilines is 1. The lowest BCUT2D eigenvalue weighted by molar-refractivity contribution is 0.0948. The highest BCUT2D eigenvalue weighted by molar-refractivity contribution is 5.97. The van der Waals surface area contributed by atoms with Crippen LogP contribution in [0.2, 0.25) is 0 Å². The second kappa shape index (κ2) is 5.96. The van der Waals surface area contributed by atoms with Crippen molar-refractivity contribution in [1.82, 2.24) is 15.5 Å². The lowest BCUT2D eigenvalue weighted by Crippen LogP contribution is -2.23. The Bertz CT molecular complexity index is 609. The number of hydrogen-bond donors (Lipinski definition) is 3. The van der Waals surface area contributed by atoms with Crippen LogP contribution in [0.15, 0.2) is 24.4 Å². The lowest BCUT2D eigenvalue weighted by atomic mass is 10.1. The van der Waals surface area contributed by atoms with Gasteiger partial charge in [-0.05, 0) is 12.1 Å². The first-order valence-corrected chi connectivity index (χ1v) is 5.93. The van der Waals surface area contributed by atoms with E-state index in [4.69, 9.17) is 15.2 Å². The number of nitrogen functional groups attached to an aromatic ring is 1. The van der Waals surface area contributed by atoms with E-state index in [0.717, 1.165) is 5.56 Å². The number of aromatic amines is 1. The predicted molar refractivity (Wildman–Crippen MR) is 73.7 cm³/mol. The molecule has 0 aliphatic carbocycles. The van der Waals surface area contributed by atoms with Gasteiger partial charge in [0.25, 0.3) is 5.91 Å². The van der Waals surface area contributed by atoms with Crippen LogP contribution in [0, 0.1) is 0 Å². The standard InChI is InChI=1S/C13H16N4O3/c1-19-9-3-4-10(11(5-9)20-2)13(18)15-6-8-7-16-17-12(8)14/h3-5,7H,6H2,1-2H3,(H,15,18)(H3,14,16,17). The third kappa shape index (κ3) is 2.82. The first-order valence-electron chi connectivity index (χ1n) is 5.93. The van der Waals surface area contributed by atoms with Crippen molar-refractivity contribution >= 4 is 11.7 Å². The number of nitrogens with zero attached hydrogens (tertiary/aromatic N) is 1. The molecule has 0 fully saturated rings. The molecule has 20 heavy (non-hydrogen) atoms. The summed E-state index contributed by atoms with van der Waals surface area (Å²) in [5.41, 5.74) is 6.80. The Morgan fingerprint density at radius 3 is 2.80 bits per heavy atom. The van der Waals surface area contributed by atoms with E-state index >= 15 is 0 Å². The summed E-state index contributed by atoms with van der Waals surface area (Å²) < 4.78 is 10.3. The Labute approximate surface area is 116 Å². The van der Waals surface area contributed by atoms with Crippen LogP contribution in [0.25, 0.3) is 0 Å². The largest absolute Gasteiger partial charge is 0.497 e. The first-order chi connectivity index (χ1) is 9.65. The van der Waals surface area contributed by atoms with Crippen molar-refractivity contribution in [2.75, 3.05) is 20.0 Å². The van der Waals surface area contributed by atoms with Gasteiger partial charge in [0, 0.05) is 18.2 Å². The second-order valence-corrected chi connectivity index (χ2v) is 4.06. The van der Waals surface area contributed by atoms with Gasteiger partial charge in [-0.2, -0.15) is 5.10 Å². The van der Waals surface area contributed by atoms with Crippen LogP contribution >= 0.6 is 0 Å². The third-order valence-electron chi connectivity index (χ3n) is 2.84. The first kappa shape index (κ1) is 13.7. The number of hydrogen-bond acceptors (Lipinski definition) is 5. The minimum absolute atomic E-state index is 0.259. The summed E-state index contributed by atoms with van der Waals surface area (Å²) in [5.74, 6) is 1.25. The normalized spacial score (nSPS) is 10.1. The maximum Gasteiger partial charge on any atom is 0.255 e. The molecule has 0 saturated heterocycles. The predicted octanol–water partition coefficient (Wildman–Crippen LogP) is 0.939. The summed E-state index contributed by atoms with van der Waals surface area (Å²) in [6.45, 7) is 0.288. The topological polar surface area (TPSA) is 102 Å². The Morgan fingerprint density at radius 2 is 2.20 bits per heavy atom. The molecule has 1 heterocycles. The number of carbonyl (C=O) groups excluding carboxylic acids is 1. The summed E-state index contributed by atoms with van der Waals surface area (Å²) in [5, 5.41) is 9.15. The van der Waals surface area contributed by atoms with Crippen LogP contribution in [0.1, 0.15) is 15.9 Å². The third-order valence-corrected chi connectivity index (χ3v) is 2.84. The Hall–Kier alpha value is -2.70. The Kier molecular flexibility index (Phi) is 4.09. The SMILES string of the molecule is COc1ccc(C(=O)NCc2cn[nH]c2N)c(OC)c1. The molecule has 2 aromatic rings. The minimum atomic E-state index is -0.259. The van der Waals surface area contributed by atoms with Crippen molar-refractivity contribution in [2.45, 2.75) is 6.54 Å². The van der Waals surface area contributed by atoms with Gasteiger partial charge < -0.3 is 20.5 Å². The summed E-state index contributed by atoms with van der Waals surface area (Å²) in [7, 11) is 3.05. The molecule has 0 radical (unpaired) electrons. The molecule has 7 heteroatoms. The highest BCUT2D eigenvalue weighted by Crippen LogP contribution is 2.24. The van der Waals surface area contributed by atoms with Gasteiger partial charge in [0.05, 0.1) is 26.0 Å². The van der Waals surface area contributed by atoms with Gasteiger partial charge in [-0.3, -0.25) is 9.89 Å². The average molecular weight is 276 g/mol. The lowest BCUT2D eigenvalue weighted by Gasteiger charge is -2.10. The zero-order chi connectivity index (χ0) is 14.5. The van der Waals surface area contributed by atoms with Crippen LogP contribution in [0.3, 0.4) is 0 Å². The van der Waals surface area contributed by atoms with Gasteiger partial charge in [0.15, 0.2) is 0 Å². The number of nitrogens with two attached hydrogens (primary N) is 1. The molecule has 0 aliphatic heterocycles. The molecule has 0 saturated carbocycles. The smallest absolute Gasteiger partial charge is 0.255 e. The van der Waals surface area contributed by atoms with Crippen LogP contribution < -0.4 is 20.5 Å². The molecule has 4 N–H and O–H groups in total. The van der Waals surface area contributed by atoms with Gasteiger partial charge in [-0.25, -0.2) is 0 Å². The molecule has 1 amide bonds. The van der Waals surface area contributed by atoms with Gasteiger partial charge in [-0.15, -0.1) is 0 Å². The summed E-state index contributed by atoms with van der Waals surface area (Å²) in [6, 6.07) is 5.00. The molecule has 7 nitrogen and oxygen atoms in total. The van der Waals surface area contributed by atoms with E-state index in [0.29, 0.717) is 22.9 Å². The molecule has 0 spiro atoms. The molecule has 0 unspecified atom stereocenters. The van der Waals surface area contributed by atoms with E-state index in [9.17, 15) is 4.79 Å². The summed E-state index contributed by atoms with van der Waals surface area (Å²) >= 11 is 0. The molecular weight excluding hydrogens is 260 g/mol. The van der Waals surface area contributed by atoms with Crippen molar-refractivity contribution in [3.63, 3.8) is 0 Å². The molecular formula is C13H16N4O3. The Morgan fingerprint density at radius 1 is 1.40 bits per heavy atom. The highest BCUT2D eigenvalue weighted by Gasteiger charge is 2.13. The van der Waals surface area contributed by atoms with Gasteiger partial charge in [-0.1, -0.05) is 0 Å². The van der Waals surface area contributed by atoms with Crippen molar-refractivity contribution in [3.05, 3.63) is 35.5 Å². The van der Waals surface area contributed by atoms with Crippen LogP contribution in [-0.4, -0.2) is 30.3 Å². The second-order valence-electron chi connectivity index (χ2n) is 4.06. The fourth-order valence-corrected chi connectivity index (χ4v) is 1.72. The number of aromatic nitrogens is 2. The van der Waals surface area contributed by atoms with Crippen LogP contribution in [0.4, 0.5) is 5.82 Å². The number of nitrogens with one attached hydrogen (secondary N) is 2. The number of H-pyrrole nitrogens is 1. The van der Waals surface area contributed by atoms with E-state index in [1.807, 2.05) is 0 Å². The van der Waals surface area contributed by atoms with E-state index < -0.39 is 0 Å². The van der Waals surface area contributed by atoms with E-state index in [2.05, 4.69) is 15.5 Å². The molecule has 1 aromatic heterocycles. The van der Waals surface area contributed by atoms with Crippen molar-refractivity contribution in [3.8, 4) is 11.5 Å². The fourth-order valence-electron chi connectivity index (χ4n) is 1.72. The molecule has 2 rings (SSSR count). The maximum atomic E-state index is 12.1. The zero-order valence-corrected chi connectivity index (χ0v) is 11.3. The zero-order valence-electron chi connectivity index (χ0n) is 11.3. The van der Waals surface area contributed by atoms with Gasteiger partial charge in [0.2, 0.25) is 0 Å². The van der Waals surface area contributed by atoms with Gasteiger partial charge in [0.1, 0.15) is 17.3 Å². The maximum absolute atomic E-state index is 12.1. The summed E-state index contributed by atoms with van der Waals surface area (Å²) in [6.07, 6.45) is 1.57. The van der Waals surface area contributed by atoms with Crippen molar-refractivity contribution in [1.29, 1.82) is 0 Å². The quantitative estimate of drug-likeness (QED) is 0.754. The van der Waals surface area contributed by atoms with E-state index in [-0.39, 0.29) is 12.5 Å². The van der Waals surface area contributed by atoms with Crippen molar-refractivity contribution in [2.24, 2.45) is 0 Å². The monoisotopic (exact) mass is 276 g/mol. The van der Waals surface area contributed by atoms with Crippen LogP contribution in [-0.2, 0) is 6.54 Å². The average Bonchev–Trinajstić information content (AvgIpc) is 2.89. The number of methoxy groups -OCH3 is 2. The molecule has 1 aromatic carbocycles. The molecule has 0 aliphatic rings. The number of carbonyl (C=O) groups is 1. The number of rotatable bonds is 5. The summed E-state index contributed by atoms with van der Waals surface area (Å²) in [4.78, 5) is 12.1. The van der Waals surface area contributed by atoms with E-state index in [1.54, 1.807) is 31.5 Å². The number of amides is 1. The fraction of sp³-hybridized carbons (Fsp3) is 0.231. The number of benzene rings is 1. The Balaban J connectivity index is 2.11. The molecule has 0 bridgehead atoms. The minimum Gasteiger partial charge on any atom is -0.497 e. The van der Waals surface area contributed by atoms with Crippen molar-refractivity contribution < 1.29 is 14.3 Å². The molecule has 0 atom stereocenters. The van der Waals surface area contributed by atoms with Gasteiger partial charge >= 0.3 is 0 Å². The molecule has 106 valence electrons. The number of ether oxygens (including phenoxy) is 2.